The molecule has 0 aliphatic carbocycles. The van der Waals surface area contributed by atoms with Crippen LogP contribution >= 0.6 is 8.25 Å². The molecule has 0 saturated heterocycles. The van der Waals surface area contributed by atoms with E-state index in [2.05, 4.69) is 9.35 Å². The molecule has 0 aliphatic rings. The van der Waals surface area contributed by atoms with Crippen LogP contribution in [0.4, 0.5) is 0 Å². The van der Waals surface area contributed by atoms with Gasteiger partial charge in [0, 0.05) is 4.57 Å². The molecule has 0 radical (unpaired) electrons. The summed E-state index contributed by atoms with van der Waals surface area (Å²) < 4.78 is 20.3. The Balaban J connectivity index is 1.73. The van der Waals surface area contributed by atoms with Gasteiger partial charge in [0.1, 0.15) is 9.35 Å². The third kappa shape index (κ3) is 4.14. The van der Waals surface area contributed by atoms with Crippen molar-refractivity contribution in [3.8, 4) is 11.5 Å². The lowest BCUT2D eigenvalue weighted by Gasteiger charge is -1.95. The molecule has 92 valence electrons. The molecule has 0 aliphatic heterocycles. The molecule has 2 rings (SSSR count). The lowest BCUT2D eigenvalue weighted by Crippen LogP contribution is -1.94. The summed E-state index contributed by atoms with van der Waals surface area (Å²) in [6.07, 6.45) is 0. The highest BCUT2D eigenvalue weighted by molar-refractivity contribution is 7.33. The summed E-state index contributed by atoms with van der Waals surface area (Å²) in [4.78, 5) is 9.54. The van der Waals surface area contributed by atoms with Crippen molar-refractivity contribution in [2.45, 2.75) is 0 Å². The largest absolute Gasteiger partial charge is 0.779 e. The summed E-state index contributed by atoms with van der Waals surface area (Å²) in [5.74, 6) is 0.841. The first-order valence-electron chi connectivity index (χ1n) is 5.11. The topological polar surface area (TPSA) is 54.0 Å². The zero-order chi connectivity index (χ0) is 12.6. The van der Waals surface area contributed by atoms with Crippen molar-refractivity contribution in [1.29, 1.82) is 0 Å². The minimum Gasteiger partial charge on any atom is -0.291 e. The van der Waals surface area contributed by atoms with Crippen LogP contribution in [-0.2, 0) is 13.9 Å². The standard InChI is InChI=1S/C12H10O5P/c13-18(16-14-11-7-3-1-4-8-11)17-15-12-9-5-2-6-10-12/h1-10H/q+1. The van der Waals surface area contributed by atoms with Crippen molar-refractivity contribution < 1.29 is 23.7 Å². The van der Waals surface area contributed by atoms with Gasteiger partial charge in [-0.3, -0.25) is 9.78 Å². The average molecular weight is 265 g/mol. The molecular weight excluding hydrogens is 255 g/mol. The lowest BCUT2D eigenvalue weighted by atomic mass is 10.3. The summed E-state index contributed by atoms with van der Waals surface area (Å²) in [5.41, 5.74) is 0. The van der Waals surface area contributed by atoms with E-state index in [4.69, 9.17) is 9.78 Å². The van der Waals surface area contributed by atoms with Gasteiger partial charge in [0.15, 0.2) is 11.5 Å². The van der Waals surface area contributed by atoms with Crippen LogP contribution in [0.2, 0.25) is 0 Å². The van der Waals surface area contributed by atoms with Crippen LogP contribution < -0.4 is 9.78 Å². The first kappa shape index (κ1) is 12.5. The van der Waals surface area contributed by atoms with Crippen molar-refractivity contribution >= 4 is 8.25 Å². The van der Waals surface area contributed by atoms with Gasteiger partial charge in [0.25, 0.3) is 0 Å². The predicted octanol–water partition coefficient (Wildman–Crippen LogP) is 3.67. The van der Waals surface area contributed by atoms with E-state index in [1.54, 1.807) is 48.5 Å². The molecule has 0 spiro atoms. The molecule has 0 heterocycles. The van der Waals surface area contributed by atoms with E-state index in [0.29, 0.717) is 11.5 Å². The summed E-state index contributed by atoms with van der Waals surface area (Å²) in [6, 6.07) is 17.3. The van der Waals surface area contributed by atoms with Crippen LogP contribution in [0.5, 0.6) is 11.5 Å². The fraction of sp³-hybridized carbons (Fsp3) is 0. The second-order valence-corrected chi connectivity index (χ2v) is 3.91. The lowest BCUT2D eigenvalue weighted by molar-refractivity contribution is -0.161. The highest BCUT2D eigenvalue weighted by Gasteiger charge is 2.26. The van der Waals surface area contributed by atoms with Crippen LogP contribution in [0.25, 0.3) is 0 Å². The summed E-state index contributed by atoms with van der Waals surface area (Å²) in [7, 11) is -2.52. The first-order chi connectivity index (χ1) is 8.84. The molecule has 0 fully saturated rings. The van der Waals surface area contributed by atoms with E-state index in [1.807, 2.05) is 12.1 Å². The van der Waals surface area contributed by atoms with E-state index < -0.39 is 8.25 Å². The highest BCUT2D eigenvalue weighted by atomic mass is 31.1. The van der Waals surface area contributed by atoms with Crippen molar-refractivity contribution in [3.05, 3.63) is 60.7 Å². The van der Waals surface area contributed by atoms with Crippen molar-refractivity contribution in [1.82, 2.24) is 0 Å². The Labute approximate surface area is 105 Å². The van der Waals surface area contributed by atoms with Crippen LogP contribution in [0, 0.1) is 0 Å². The van der Waals surface area contributed by atoms with Crippen LogP contribution in [-0.4, -0.2) is 0 Å². The van der Waals surface area contributed by atoms with Crippen molar-refractivity contribution in [2.24, 2.45) is 0 Å². The quantitative estimate of drug-likeness (QED) is 0.453. The SMILES string of the molecule is O=[P+](OOc1ccccc1)OOc1ccccc1. The van der Waals surface area contributed by atoms with Gasteiger partial charge in [0.2, 0.25) is 0 Å². The average Bonchev–Trinajstić information content (AvgIpc) is 2.45. The third-order valence-corrected chi connectivity index (χ3v) is 2.27. The van der Waals surface area contributed by atoms with E-state index >= 15 is 0 Å². The fourth-order valence-electron chi connectivity index (χ4n) is 1.11. The highest BCUT2D eigenvalue weighted by Crippen LogP contribution is 2.27. The number of benzene rings is 2. The zero-order valence-electron chi connectivity index (χ0n) is 9.26. The minimum atomic E-state index is -2.52. The number of hydrogen-bond donors (Lipinski definition) is 0. The maximum atomic E-state index is 11.2. The Hall–Kier alpha value is -1.94. The summed E-state index contributed by atoms with van der Waals surface area (Å²) in [6.45, 7) is 0. The minimum absolute atomic E-state index is 0.421. The van der Waals surface area contributed by atoms with Crippen LogP contribution in [0.3, 0.4) is 0 Å². The van der Waals surface area contributed by atoms with E-state index in [-0.39, 0.29) is 0 Å². The molecule has 6 heteroatoms. The van der Waals surface area contributed by atoms with Gasteiger partial charge in [-0.05, 0) is 24.3 Å². The second-order valence-electron chi connectivity index (χ2n) is 3.17. The van der Waals surface area contributed by atoms with Crippen LogP contribution in [0.1, 0.15) is 0 Å². The van der Waals surface area contributed by atoms with Gasteiger partial charge in [-0.2, -0.15) is 0 Å². The second kappa shape index (κ2) is 6.71. The van der Waals surface area contributed by atoms with Gasteiger partial charge < -0.3 is 0 Å². The van der Waals surface area contributed by atoms with Crippen molar-refractivity contribution in [2.75, 3.05) is 0 Å². The van der Waals surface area contributed by atoms with Crippen LogP contribution in [0.15, 0.2) is 60.7 Å². The van der Waals surface area contributed by atoms with Crippen molar-refractivity contribution in [3.63, 3.8) is 0 Å². The Morgan fingerprint density at radius 2 is 1.06 bits per heavy atom. The molecular formula is C12H10O5P+. The molecule has 0 aromatic heterocycles. The Morgan fingerprint density at radius 1 is 0.667 bits per heavy atom. The molecule has 0 unspecified atom stereocenters. The van der Waals surface area contributed by atoms with Gasteiger partial charge in [-0.1, -0.05) is 36.4 Å². The third-order valence-electron chi connectivity index (χ3n) is 1.88. The predicted molar refractivity (Wildman–Crippen MR) is 63.9 cm³/mol. The summed E-state index contributed by atoms with van der Waals surface area (Å²) >= 11 is 0. The maximum absolute atomic E-state index is 11.2. The molecule has 0 N–H and O–H groups in total. The molecule has 0 bridgehead atoms. The fourth-order valence-corrected chi connectivity index (χ4v) is 1.43. The smallest absolute Gasteiger partial charge is 0.291 e. The molecule has 2 aromatic rings. The number of hydrogen-bond acceptors (Lipinski definition) is 5. The molecule has 2 aromatic carbocycles. The normalized spacial score (nSPS) is 9.78. The van der Waals surface area contributed by atoms with E-state index in [0.717, 1.165) is 0 Å². The maximum Gasteiger partial charge on any atom is 0.779 e. The van der Waals surface area contributed by atoms with Gasteiger partial charge >= 0.3 is 8.25 Å². The van der Waals surface area contributed by atoms with E-state index in [9.17, 15) is 4.57 Å². The van der Waals surface area contributed by atoms with E-state index in [1.165, 1.54) is 0 Å². The Morgan fingerprint density at radius 3 is 1.44 bits per heavy atom. The first-order valence-corrected chi connectivity index (χ1v) is 6.21. The Bertz CT molecular complexity index is 443. The molecule has 0 amide bonds. The zero-order valence-corrected chi connectivity index (χ0v) is 10.2. The summed E-state index contributed by atoms with van der Waals surface area (Å²) in [5, 5.41) is 0. The molecule has 0 saturated carbocycles. The number of para-hydroxylation sites is 2. The molecule has 18 heavy (non-hydrogen) atoms. The molecule has 5 nitrogen and oxygen atoms in total. The number of rotatable bonds is 6. The monoisotopic (exact) mass is 265 g/mol. The Kier molecular flexibility index (Phi) is 4.67. The van der Waals surface area contributed by atoms with Gasteiger partial charge in [0.05, 0.1) is 0 Å². The molecule has 0 atom stereocenters. The van der Waals surface area contributed by atoms with Gasteiger partial charge in [-0.15, -0.1) is 0 Å². The van der Waals surface area contributed by atoms with Gasteiger partial charge in [-0.25, -0.2) is 0 Å².